The third kappa shape index (κ3) is 3.03. The Labute approximate surface area is 97.3 Å². The molecule has 1 heterocycles. The second-order valence-corrected chi connectivity index (χ2v) is 3.89. The summed E-state index contributed by atoms with van der Waals surface area (Å²) in [5.41, 5.74) is 5.65. The Kier molecular flexibility index (Phi) is 3.81. The Bertz CT molecular complexity index is 395. The van der Waals surface area contributed by atoms with Crippen LogP contribution in [-0.4, -0.2) is 16.1 Å². The van der Waals surface area contributed by atoms with Gasteiger partial charge in [-0.1, -0.05) is 24.4 Å². The maximum atomic E-state index is 10.9. The Hall–Kier alpha value is -1.40. The molecular formula is C9H8N2O2S2. The minimum atomic E-state index is -0.300. The van der Waals surface area contributed by atoms with Gasteiger partial charge < -0.3 is 5.73 Å². The van der Waals surface area contributed by atoms with Gasteiger partial charge in [0, 0.05) is 0 Å². The summed E-state index contributed by atoms with van der Waals surface area (Å²) in [5.74, 6) is -0.601. The van der Waals surface area contributed by atoms with Crippen molar-refractivity contribution in [2.75, 3.05) is 0 Å². The Morgan fingerprint density at radius 3 is 1.87 bits per heavy atom. The number of hydrogen-bond acceptors (Lipinski definition) is 3. The fraction of sp³-hybridized carbons (Fsp3) is 0. The van der Waals surface area contributed by atoms with E-state index in [-0.39, 0.29) is 16.1 Å². The number of nitrogens with one attached hydrogen (secondary N) is 1. The molecule has 1 aliphatic heterocycles. The monoisotopic (exact) mass is 240 g/mol. The minimum absolute atomic E-state index is 0.194. The highest BCUT2D eigenvalue weighted by Gasteiger charge is 2.25. The van der Waals surface area contributed by atoms with E-state index in [4.69, 9.17) is 5.73 Å². The highest BCUT2D eigenvalue weighted by molar-refractivity contribution is 8.10. The SMILES string of the molecule is NC(=S)S.O=C1NC(=O)c2ccccc21. The number of amides is 2. The van der Waals surface area contributed by atoms with Crippen molar-refractivity contribution in [3.05, 3.63) is 35.4 Å². The molecule has 1 aromatic carbocycles. The van der Waals surface area contributed by atoms with Crippen LogP contribution in [0.15, 0.2) is 24.3 Å². The van der Waals surface area contributed by atoms with Crippen LogP contribution in [0.5, 0.6) is 0 Å². The molecule has 0 aliphatic carbocycles. The van der Waals surface area contributed by atoms with E-state index in [1.807, 2.05) is 0 Å². The normalized spacial score (nSPS) is 12.3. The van der Waals surface area contributed by atoms with Gasteiger partial charge in [0.15, 0.2) is 0 Å². The van der Waals surface area contributed by atoms with E-state index >= 15 is 0 Å². The van der Waals surface area contributed by atoms with E-state index in [0.717, 1.165) is 0 Å². The largest absolute Gasteiger partial charge is 0.385 e. The van der Waals surface area contributed by atoms with Gasteiger partial charge in [-0.3, -0.25) is 14.9 Å². The van der Waals surface area contributed by atoms with E-state index in [9.17, 15) is 9.59 Å². The van der Waals surface area contributed by atoms with Crippen molar-refractivity contribution in [3.8, 4) is 0 Å². The van der Waals surface area contributed by atoms with Gasteiger partial charge in [-0.2, -0.15) is 0 Å². The Morgan fingerprint density at radius 2 is 1.53 bits per heavy atom. The number of benzene rings is 1. The van der Waals surface area contributed by atoms with Gasteiger partial charge in [0.25, 0.3) is 11.8 Å². The van der Waals surface area contributed by atoms with E-state index in [1.165, 1.54) is 0 Å². The molecule has 2 amide bonds. The number of carbonyl (C=O) groups excluding carboxylic acids is 2. The fourth-order valence-electron chi connectivity index (χ4n) is 1.12. The number of fused-ring (bicyclic) bond motifs is 1. The van der Waals surface area contributed by atoms with E-state index < -0.39 is 0 Å². The molecule has 0 aromatic heterocycles. The highest BCUT2D eigenvalue weighted by Crippen LogP contribution is 2.13. The van der Waals surface area contributed by atoms with Crippen LogP contribution in [0, 0.1) is 0 Å². The molecule has 0 saturated heterocycles. The molecule has 1 aliphatic rings. The first kappa shape index (κ1) is 11.7. The lowest BCUT2D eigenvalue weighted by molar-refractivity contribution is 0.0879. The molecular weight excluding hydrogens is 232 g/mol. The molecule has 0 fully saturated rings. The summed E-state index contributed by atoms with van der Waals surface area (Å²) < 4.78 is 0.194. The average Bonchev–Trinajstić information content (AvgIpc) is 2.43. The molecule has 0 spiro atoms. The zero-order chi connectivity index (χ0) is 11.4. The van der Waals surface area contributed by atoms with Crippen molar-refractivity contribution in [3.63, 3.8) is 0 Å². The van der Waals surface area contributed by atoms with Crippen molar-refractivity contribution < 1.29 is 9.59 Å². The van der Waals surface area contributed by atoms with Gasteiger partial charge in [-0.25, -0.2) is 0 Å². The van der Waals surface area contributed by atoms with E-state index in [0.29, 0.717) is 11.1 Å². The molecule has 0 bridgehead atoms. The third-order valence-corrected chi connectivity index (χ3v) is 1.64. The molecule has 1 aromatic rings. The number of thiocarbonyl (C=S) groups is 1. The summed E-state index contributed by atoms with van der Waals surface area (Å²) in [5, 5.41) is 2.20. The minimum Gasteiger partial charge on any atom is -0.385 e. The zero-order valence-corrected chi connectivity index (χ0v) is 9.27. The summed E-state index contributed by atoms with van der Waals surface area (Å²) >= 11 is 7.65. The number of nitrogens with two attached hydrogens (primary N) is 1. The van der Waals surface area contributed by atoms with Crippen molar-refractivity contribution in [2.24, 2.45) is 5.73 Å². The highest BCUT2D eigenvalue weighted by atomic mass is 32.1. The maximum Gasteiger partial charge on any atom is 0.258 e. The molecule has 15 heavy (non-hydrogen) atoms. The molecule has 0 unspecified atom stereocenters. The van der Waals surface area contributed by atoms with Crippen LogP contribution in [-0.2, 0) is 0 Å². The number of carbonyl (C=O) groups is 2. The van der Waals surface area contributed by atoms with Crippen molar-refractivity contribution >= 4 is 41.0 Å². The molecule has 0 atom stereocenters. The molecule has 6 heteroatoms. The smallest absolute Gasteiger partial charge is 0.258 e. The van der Waals surface area contributed by atoms with Gasteiger partial charge in [-0.05, 0) is 12.1 Å². The fourth-order valence-corrected chi connectivity index (χ4v) is 1.12. The summed E-state index contributed by atoms with van der Waals surface area (Å²) in [6.07, 6.45) is 0. The summed E-state index contributed by atoms with van der Waals surface area (Å²) in [4.78, 5) is 21.9. The lowest BCUT2D eigenvalue weighted by Crippen LogP contribution is -2.19. The Morgan fingerprint density at radius 1 is 1.20 bits per heavy atom. The topological polar surface area (TPSA) is 72.2 Å². The summed E-state index contributed by atoms with van der Waals surface area (Å²) in [7, 11) is 0. The van der Waals surface area contributed by atoms with Gasteiger partial charge in [0.05, 0.1) is 11.1 Å². The van der Waals surface area contributed by atoms with Crippen molar-refractivity contribution in [2.45, 2.75) is 0 Å². The first-order valence-electron chi connectivity index (χ1n) is 3.95. The molecule has 78 valence electrons. The van der Waals surface area contributed by atoms with Crippen LogP contribution < -0.4 is 11.1 Å². The quantitative estimate of drug-likeness (QED) is 0.355. The van der Waals surface area contributed by atoms with Gasteiger partial charge in [0.2, 0.25) is 0 Å². The van der Waals surface area contributed by atoms with Gasteiger partial charge >= 0.3 is 0 Å². The lowest BCUT2D eigenvalue weighted by Gasteiger charge is -1.88. The third-order valence-electron chi connectivity index (χ3n) is 1.64. The van der Waals surface area contributed by atoms with E-state index in [1.54, 1.807) is 24.3 Å². The summed E-state index contributed by atoms with van der Waals surface area (Å²) in [6, 6.07) is 6.74. The number of imide groups is 1. The van der Waals surface area contributed by atoms with Crippen molar-refractivity contribution in [1.29, 1.82) is 0 Å². The van der Waals surface area contributed by atoms with Gasteiger partial charge in [0.1, 0.15) is 4.32 Å². The molecule has 0 radical (unpaired) electrons. The second kappa shape index (κ2) is 4.90. The van der Waals surface area contributed by atoms with Crippen molar-refractivity contribution in [1.82, 2.24) is 5.32 Å². The molecule has 2 rings (SSSR count). The predicted octanol–water partition coefficient (Wildman–Crippen LogP) is 0.730. The number of rotatable bonds is 0. The first-order valence-corrected chi connectivity index (χ1v) is 4.81. The van der Waals surface area contributed by atoms with Crippen LogP contribution in [0.4, 0.5) is 0 Å². The maximum absolute atomic E-state index is 10.9. The van der Waals surface area contributed by atoms with Crippen LogP contribution >= 0.6 is 24.8 Å². The van der Waals surface area contributed by atoms with Gasteiger partial charge in [-0.15, -0.1) is 12.6 Å². The van der Waals surface area contributed by atoms with Crippen LogP contribution in [0.25, 0.3) is 0 Å². The predicted molar refractivity (Wildman–Crippen MR) is 64.0 cm³/mol. The molecule has 0 saturated carbocycles. The standard InChI is InChI=1S/C8H5NO2.CH3NS2/c10-7-5-3-1-2-4-6(5)8(11)9-7;2-1(3)4/h1-4H,(H,9,10,11);(H3,2,3,4). The van der Waals surface area contributed by atoms with Crippen LogP contribution in [0.2, 0.25) is 0 Å². The number of thiol groups is 1. The molecule has 4 nitrogen and oxygen atoms in total. The zero-order valence-electron chi connectivity index (χ0n) is 7.56. The Balaban J connectivity index is 0.000000245. The van der Waals surface area contributed by atoms with Crippen LogP contribution in [0.1, 0.15) is 20.7 Å². The number of hydrogen-bond donors (Lipinski definition) is 3. The first-order chi connectivity index (χ1) is 7.02. The summed E-state index contributed by atoms with van der Waals surface area (Å²) in [6.45, 7) is 0. The van der Waals surface area contributed by atoms with Crippen LogP contribution in [0.3, 0.4) is 0 Å². The lowest BCUT2D eigenvalue weighted by atomic mass is 10.1. The average molecular weight is 240 g/mol. The van der Waals surface area contributed by atoms with E-state index in [2.05, 4.69) is 30.2 Å². The molecule has 3 N–H and O–H groups in total. The second-order valence-electron chi connectivity index (χ2n) is 2.67.